The summed E-state index contributed by atoms with van der Waals surface area (Å²) in [7, 11) is 0. The zero-order valence-corrected chi connectivity index (χ0v) is 13.9. The van der Waals surface area contributed by atoms with Crippen LogP contribution in [0.15, 0.2) is 36.7 Å². The molecule has 3 rings (SSSR count). The molecule has 1 N–H and O–H groups in total. The first-order valence-corrected chi connectivity index (χ1v) is 8.29. The fourth-order valence-electron chi connectivity index (χ4n) is 2.76. The highest BCUT2D eigenvalue weighted by molar-refractivity contribution is 5.74. The van der Waals surface area contributed by atoms with Crippen molar-refractivity contribution in [3.8, 4) is 5.75 Å². The average Bonchev–Trinajstić information content (AvgIpc) is 2.63. The maximum atomic E-state index is 12.3. The van der Waals surface area contributed by atoms with Gasteiger partial charge in [0, 0.05) is 31.9 Å². The van der Waals surface area contributed by atoms with Gasteiger partial charge in [0.25, 0.3) is 0 Å². The van der Waals surface area contributed by atoms with E-state index >= 15 is 0 Å². The lowest BCUT2D eigenvalue weighted by atomic mass is 10.1. The van der Waals surface area contributed by atoms with Crippen molar-refractivity contribution >= 4 is 6.03 Å². The van der Waals surface area contributed by atoms with E-state index in [1.807, 2.05) is 31.2 Å². The van der Waals surface area contributed by atoms with E-state index in [1.165, 1.54) is 5.56 Å². The molecule has 2 aromatic rings. The number of aromatic nitrogens is 2. The van der Waals surface area contributed by atoms with E-state index in [9.17, 15) is 4.79 Å². The Morgan fingerprint density at radius 1 is 1.21 bits per heavy atom. The molecule has 0 unspecified atom stereocenters. The van der Waals surface area contributed by atoms with Crippen LogP contribution in [0.3, 0.4) is 0 Å². The highest BCUT2D eigenvalue weighted by Crippen LogP contribution is 2.14. The molecule has 0 aliphatic carbocycles. The fourth-order valence-corrected chi connectivity index (χ4v) is 2.76. The number of nitrogens with zero attached hydrogens (tertiary/aromatic N) is 3. The first kappa shape index (κ1) is 16.2. The smallest absolute Gasteiger partial charge is 0.317 e. The van der Waals surface area contributed by atoms with Gasteiger partial charge in [-0.25, -0.2) is 4.79 Å². The number of rotatable bonds is 5. The predicted molar refractivity (Wildman–Crippen MR) is 90.9 cm³/mol. The van der Waals surface area contributed by atoms with Crippen molar-refractivity contribution in [2.75, 3.05) is 19.7 Å². The summed E-state index contributed by atoms with van der Waals surface area (Å²) in [5.74, 6) is 0.873. The molecule has 0 bridgehead atoms. The van der Waals surface area contributed by atoms with Crippen molar-refractivity contribution in [1.29, 1.82) is 0 Å². The summed E-state index contributed by atoms with van der Waals surface area (Å²) in [5, 5.41) is 2.98. The maximum Gasteiger partial charge on any atom is 0.317 e. The Labute approximate surface area is 141 Å². The van der Waals surface area contributed by atoms with Gasteiger partial charge in [-0.05, 0) is 31.0 Å². The number of ether oxygens (including phenoxy) is 1. The van der Waals surface area contributed by atoms with Crippen LogP contribution in [0.1, 0.15) is 23.9 Å². The molecule has 6 heteroatoms. The Kier molecular flexibility index (Phi) is 5.25. The number of carbonyl (C=O) groups is 1. The highest BCUT2D eigenvalue weighted by atomic mass is 16.5. The molecule has 24 heavy (non-hydrogen) atoms. The number of urea groups is 1. The van der Waals surface area contributed by atoms with Crippen LogP contribution in [-0.2, 0) is 19.4 Å². The molecule has 1 aromatic carbocycles. The number of carbonyl (C=O) groups excluding carboxylic acids is 1. The van der Waals surface area contributed by atoms with Gasteiger partial charge in [-0.1, -0.05) is 12.1 Å². The van der Waals surface area contributed by atoms with Gasteiger partial charge in [0.1, 0.15) is 5.75 Å². The normalized spacial score (nSPS) is 13.3. The summed E-state index contributed by atoms with van der Waals surface area (Å²) in [4.78, 5) is 22.7. The standard InChI is InChI=1S/C18H22N4O2/c1-2-24-15-5-3-14(4-6-15)7-9-21-18(23)22-12-8-16-17(13-22)20-11-10-19-16/h3-6,10-11H,2,7-9,12-13H2,1H3,(H,21,23). The van der Waals surface area contributed by atoms with Crippen molar-refractivity contribution in [3.63, 3.8) is 0 Å². The van der Waals surface area contributed by atoms with Crippen LogP contribution >= 0.6 is 0 Å². The molecule has 1 aliphatic heterocycles. The van der Waals surface area contributed by atoms with E-state index in [0.717, 1.165) is 30.0 Å². The lowest BCUT2D eigenvalue weighted by Crippen LogP contribution is -2.43. The van der Waals surface area contributed by atoms with Crippen LogP contribution in [0.5, 0.6) is 5.75 Å². The van der Waals surface area contributed by atoms with Crippen molar-refractivity contribution < 1.29 is 9.53 Å². The van der Waals surface area contributed by atoms with E-state index in [1.54, 1.807) is 17.3 Å². The Bertz CT molecular complexity index is 688. The summed E-state index contributed by atoms with van der Waals surface area (Å²) < 4.78 is 5.42. The lowest BCUT2D eigenvalue weighted by Gasteiger charge is -2.27. The van der Waals surface area contributed by atoms with Gasteiger partial charge in [0.15, 0.2) is 0 Å². The third kappa shape index (κ3) is 4.01. The van der Waals surface area contributed by atoms with Crippen LogP contribution in [-0.4, -0.2) is 40.6 Å². The van der Waals surface area contributed by atoms with Gasteiger partial charge in [-0.15, -0.1) is 0 Å². The van der Waals surface area contributed by atoms with Crippen LogP contribution in [0.2, 0.25) is 0 Å². The summed E-state index contributed by atoms with van der Waals surface area (Å²) in [6.07, 6.45) is 4.93. The summed E-state index contributed by atoms with van der Waals surface area (Å²) in [5.41, 5.74) is 3.06. The monoisotopic (exact) mass is 326 g/mol. The minimum absolute atomic E-state index is 0.0442. The van der Waals surface area contributed by atoms with Gasteiger partial charge >= 0.3 is 6.03 Å². The van der Waals surface area contributed by atoms with Crippen molar-refractivity contribution in [3.05, 3.63) is 53.6 Å². The molecule has 0 radical (unpaired) electrons. The number of benzene rings is 1. The molecule has 2 heterocycles. The number of fused-ring (bicyclic) bond motifs is 1. The lowest BCUT2D eigenvalue weighted by molar-refractivity contribution is 0.191. The molecule has 0 fully saturated rings. The molecular formula is C18H22N4O2. The van der Waals surface area contributed by atoms with E-state index in [0.29, 0.717) is 26.2 Å². The minimum Gasteiger partial charge on any atom is -0.494 e. The molecule has 0 saturated carbocycles. The van der Waals surface area contributed by atoms with Gasteiger partial charge in [0.2, 0.25) is 0 Å². The van der Waals surface area contributed by atoms with Crippen LogP contribution in [0.4, 0.5) is 4.79 Å². The molecule has 1 aliphatic rings. The summed E-state index contributed by atoms with van der Waals surface area (Å²) in [6.45, 7) is 4.45. The topological polar surface area (TPSA) is 67.3 Å². The zero-order chi connectivity index (χ0) is 16.8. The predicted octanol–water partition coefficient (Wildman–Crippen LogP) is 2.19. The van der Waals surface area contributed by atoms with Gasteiger partial charge in [-0.2, -0.15) is 0 Å². The molecular weight excluding hydrogens is 304 g/mol. The SMILES string of the molecule is CCOc1ccc(CCNC(=O)N2CCc3nccnc3C2)cc1. The third-order valence-corrected chi connectivity index (χ3v) is 4.03. The molecule has 0 saturated heterocycles. The maximum absolute atomic E-state index is 12.3. The quantitative estimate of drug-likeness (QED) is 0.914. The van der Waals surface area contributed by atoms with Crippen LogP contribution < -0.4 is 10.1 Å². The van der Waals surface area contributed by atoms with Gasteiger partial charge in [0.05, 0.1) is 24.5 Å². The Morgan fingerprint density at radius 3 is 2.71 bits per heavy atom. The molecule has 0 atom stereocenters. The highest BCUT2D eigenvalue weighted by Gasteiger charge is 2.21. The number of hydrogen-bond donors (Lipinski definition) is 1. The first-order chi connectivity index (χ1) is 11.8. The Morgan fingerprint density at radius 2 is 1.96 bits per heavy atom. The summed E-state index contributed by atoms with van der Waals surface area (Å²) >= 11 is 0. The van der Waals surface area contributed by atoms with E-state index in [-0.39, 0.29) is 6.03 Å². The minimum atomic E-state index is -0.0442. The van der Waals surface area contributed by atoms with Crippen LogP contribution in [0.25, 0.3) is 0 Å². The molecule has 126 valence electrons. The van der Waals surface area contributed by atoms with Crippen LogP contribution in [0, 0.1) is 0 Å². The number of nitrogens with one attached hydrogen (secondary N) is 1. The van der Waals surface area contributed by atoms with Gasteiger partial charge < -0.3 is 15.0 Å². The molecule has 6 nitrogen and oxygen atoms in total. The molecule has 1 aromatic heterocycles. The average molecular weight is 326 g/mol. The molecule has 2 amide bonds. The zero-order valence-electron chi connectivity index (χ0n) is 13.9. The Balaban J connectivity index is 1.46. The fraction of sp³-hybridized carbons (Fsp3) is 0.389. The van der Waals surface area contributed by atoms with E-state index in [2.05, 4.69) is 15.3 Å². The first-order valence-electron chi connectivity index (χ1n) is 8.29. The number of amides is 2. The number of hydrogen-bond acceptors (Lipinski definition) is 4. The van der Waals surface area contributed by atoms with Crippen molar-refractivity contribution in [1.82, 2.24) is 20.2 Å². The van der Waals surface area contributed by atoms with E-state index < -0.39 is 0 Å². The molecule has 0 spiro atoms. The van der Waals surface area contributed by atoms with Crippen molar-refractivity contribution in [2.45, 2.75) is 26.3 Å². The van der Waals surface area contributed by atoms with Gasteiger partial charge in [-0.3, -0.25) is 9.97 Å². The third-order valence-electron chi connectivity index (χ3n) is 4.03. The summed E-state index contributed by atoms with van der Waals surface area (Å²) in [6, 6.07) is 7.94. The second kappa shape index (κ2) is 7.77. The Hall–Kier alpha value is -2.63. The second-order valence-corrected chi connectivity index (χ2v) is 5.68. The van der Waals surface area contributed by atoms with E-state index in [4.69, 9.17) is 4.74 Å². The van der Waals surface area contributed by atoms with Crippen molar-refractivity contribution in [2.24, 2.45) is 0 Å². The largest absolute Gasteiger partial charge is 0.494 e. The second-order valence-electron chi connectivity index (χ2n) is 5.68.